The zero-order valence-corrected chi connectivity index (χ0v) is 13.1. The van der Waals surface area contributed by atoms with Crippen LogP contribution in [0.1, 0.15) is 16.1 Å². The second kappa shape index (κ2) is 7.24. The summed E-state index contributed by atoms with van der Waals surface area (Å²) in [5.41, 5.74) is -0.613. The van der Waals surface area contributed by atoms with Crippen LogP contribution in [0.25, 0.3) is 0 Å². The van der Waals surface area contributed by atoms with Crippen molar-refractivity contribution in [3.63, 3.8) is 0 Å². The molecule has 9 heteroatoms. The third kappa shape index (κ3) is 4.18. The van der Waals surface area contributed by atoms with Crippen molar-refractivity contribution in [2.45, 2.75) is 12.7 Å². The fourth-order valence-corrected chi connectivity index (χ4v) is 2.00. The molecule has 2 aromatic rings. The van der Waals surface area contributed by atoms with E-state index in [1.165, 1.54) is 26.5 Å². The Labute approximate surface area is 136 Å². The van der Waals surface area contributed by atoms with Crippen molar-refractivity contribution in [3.05, 3.63) is 41.7 Å². The van der Waals surface area contributed by atoms with Gasteiger partial charge in [-0.2, -0.15) is 18.3 Å². The maximum absolute atomic E-state index is 12.4. The molecule has 0 saturated heterocycles. The molecule has 0 saturated carbocycles. The minimum Gasteiger partial charge on any atom is -0.493 e. The minimum absolute atomic E-state index is 0.120. The van der Waals surface area contributed by atoms with Crippen LogP contribution in [0.4, 0.5) is 13.2 Å². The first kappa shape index (κ1) is 17.6. The van der Waals surface area contributed by atoms with Gasteiger partial charge in [0, 0.05) is 18.3 Å². The van der Waals surface area contributed by atoms with Crippen LogP contribution in [0.5, 0.6) is 11.5 Å². The fourth-order valence-electron chi connectivity index (χ4n) is 2.00. The molecule has 0 bridgehead atoms. The maximum atomic E-state index is 12.4. The van der Waals surface area contributed by atoms with E-state index in [9.17, 15) is 18.0 Å². The maximum Gasteiger partial charge on any atom is 0.435 e. The van der Waals surface area contributed by atoms with Crippen LogP contribution < -0.4 is 14.8 Å². The van der Waals surface area contributed by atoms with E-state index in [0.717, 1.165) is 10.7 Å². The van der Waals surface area contributed by atoms with Crippen molar-refractivity contribution < 1.29 is 27.4 Å². The van der Waals surface area contributed by atoms with Crippen LogP contribution in [-0.4, -0.2) is 36.5 Å². The lowest BCUT2D eigenvalue weighted by molar-refractivity contribution is -0.141. The second-order valence-electron chi connectivity index (χ2n) is 4.79. The van der Waals surface area contributed by atoms with E-state index in [-0.39, 0.29) is 19.0 Å². The van der Waals surface area contributed by atoms with E-state index < -0.39 is 11.9 Å². The summed E-state index contributed by atoms with van der Waals surface area (Å²) < 4.78 is 48.6. The first-order chi connectivity index (χ1) is 11.3. The summed E-state index contributed by atoms with van der Waals surface area (Å²) in [4.78, 5) is 12.0. The standard InChI is InChI=1S/C15H16F3N3O3/c1-23-11-4-3-10(9-12(11)24-2)14(22)19-6-8-21-7-5-13(20-21)15(16,17)18/h3-5,7,9H,6,8H2,1-2H3,(H,19,22). The normalized spacial score (nSPS) is 11.2. The molecule has 1 aromatic heterocycles. The molecule has 1 aromatic carbocycles. The van der Waals surface area contributed by atoms with Gasteiger partial charge in [0.15, 0.2) is 17.2 Å². The van der Waals surface area contributed by atoms with E-state index in [1.54, 1.807) is 12.1 Å². The largest absolute Gasteiger partial charge is 0.493 e. The Morgan fingerprint density at radius 2 is 1.92 bits per heavy atom. The van der Waals surface area contributed by atoms with Crippen LogP contribution in [0.15, 0.2) is 30.5 Å². The Kier molecular flexibility index (Phi) is 5.32. The molecule has 0 aliphatic heterocycles. The summed E-state index contributed by atoms with van der Waals surface area (Å²) in [7, 11) is 2.94. The lowest BCUT2D eigenvalue weighted by atomic mass is 10.2. The van der Waals surface area contributed by atoms with Crippen molar-refractivity contribution in [3.8, 4) is 11.5 Å². The summed E-state index contributed by atoms with van der Waals surface area (Å²) in [6.07, 6.45) is -3.26. The van der Waals surface area contributed by atoms with E-state index in [4.69, 9.17) is 9.47 Å². The van der Waals surface area contributed by atoms with Crippen LogP contribution >= 0.6 is 0 Å². The Balaban J connectivity index is 1.93. The third-order valence-corrected chi connectivity index (χ3v) is 3.20. The molecule has 24 heavy (non-hydrogen) atoms. The molecule has 0 spiro atoms. The van der Waals surface area contributed by atoms with Gasteiger partial charge in [-0.15, -0.1) is 0 Å². The van der Waals surface area contributed by atoms with Gasteiger partial charge in [-0.1, -0.05) is 0 Å². The van der Waals surface area contributed by atoms with E-state index in [0.29, 0.717) is 17.1 Å². The molecular formula is C15H16F3N3O3. The van der Waals surface area contributed by atoms with E-state index >= 15 is 0 Å². The van der Waals surface area contributed by atoms with Crippen LogP contribution in [0, 0.1) is 0 Å². The second-order valence-corrected chi connectivity index (χ2v) is 4.79. The van der Waals surface area contributed by atoms with Gasteiger partial charge in [0.2, 0.25) is 0 Å². The molecule has 0 radical (unpaired) electrons. The number of methoxy groups -OCH3 is 2. The molecule has 6 nitrogen and oxygen atoms in total. The summed E-state index contributed by atoms with van der Waals surface area (Å²) in [5, 5.41) is 6.01. The highest BCUT2D eigenvalue weighted by molar-refractivity contribution is 5.94. The van der Waals surface area contributed by atoms with Crippen molar-refractivity contribution >= 4 is 5.91 Å². The fraction of sp³-hybridized carbons (Fsp3) is 0.333. The highest BCUT2D eigenvalue weighted by Gasteiger charge is 2.33. The summed E-state index contributed by atoms with van der Waals surface area (Å²) in [5.74, 6) is 0.525. The molecule has 0 atom stereocenters. The molecule has 130 valence electrons. The monoisotopic (exact) mass is 343 g/mol. The van der Waals surface area contributed by atoms with Gasteiger partial charge in [0.05, 0.1) is 20.8 Å². The first-order valence-electron chi connectivity index (χ1n) is 6.96. The van der Waals surface area contributed by atoms with Gasteiger partial charge in [0.1, 0.15) is 0 Å². The number of nitrogens with zero attached hydrogens (tertiary/aromatic N) is 2. The lowest BCUT2D eigenvalue weighted by Gasteiger charge is -2.10. The number of hydrogen-bond acceptors (Lipinski definition) is 4. The number of benzene rings is 1. The molecule has 0 aliphatic carbocycles. The van der Waals surface area contributed by atoms with Crippen molar-refractivity contribution in [1.29, 1.82) is 0 Å². The Morgan fingerprint density at radius 3 is 2.50 bits per heavy atom. The quantitative estimate of drug-likeness (QED) is 0.874. The van der Waals surface area contributed by atoms with Gasteiger partial charge in [-0.25, -0.2) is 0 Å². The number of hydrogen-bond donors (Lipinski definition) is 1. The van der Waals surface area contributed by atoms with Gasteiger partial charge >= 0.3 is 6.18 Å². The first-order valence-corrected chi connectivity index (χ1v) is 6.96. The molecule has 1 N–H and O–H groups in total. The average Bonchev–Trinajstić information content (AvgIpc) is 3.03. The third-order valence-electron chi connectivity index (χ3n) is 3.20. The van der Waals surface area contributed by atoms with E-state index in [2.05, 4.69) is 10.4 Å². The minimum atomic E-state index is -4.48. The molecule has 2 rings (SSSR count). The topological polar surface area (TPSA) is 65.4 Å². The molecule has 1 heterocycles. The molecule has 0 unspecified atom stereocenters. The SMILES string of the molecule is COc1ccc(C(=O)NCCn2ccc(C(F)(F)F)n2)cc1OC. The zero-order chi connectivity index (χ0) is 17.7. The number of amides is 1. The number of aromatic nitrogens is 2. The molecule has 0 fully saturated rings. The Morgan fingerprint density at radius 1 is 1.21 bits per heavy atom. The number of nitrogens with one attached hydrogen (secondary N) is 1. The lowest BCUT2D eigenvalue weighted by Crippen LogP contribution is -2.27. The number of rotatable bonds is 6. The number of carbonyl (C=O) groups is 1. The van der Waals surface area contributed by atoms with E-state index in [1.807, 2.05) is 0 Å². The molecule has 0 aliphatic rings. The van der Waals surface area contributed by atoms with Crippen molar-refractivity contribution in [2.75, 3.05) is 20.8 Å². The average molecular weight is 343 g/mol. The summed E-state index contributed by atoms with van der Waals surface area (Å²) in [6.45, 7) is 0.251. The predicted molar refractivity (Wildman–Crippen MR) is 79.1 cm³/mol. The highest BCUT2D eigenvalue weighted by Crippen LogP contribution is 2.28. The zero-order valence-electron chi connectivity index (χ0n) is 13.1. The predicted octanol–water partition coefficient (Wildman–Crippen LogP) is 2.35. The highest BCUT2D eigenvalue weighted by atomic mass is 19.4. The number of ether oxygens (including phenoxy) is 2. The van der Waals surface area contributed by atoms with Crippen molar-refractivity contribution in [1.82, 2.24) is 15.1 Å². The molecule has 1 amide bonds. The number of halogens is 3. The van der Waals surface area contributed by atoms with Gasteiger partial charge in [-0.05, 0) is 24.3 Å². The Hall–Kier alpha value is -2.71. The summed E-state index contributed by atoms with van der Waals surface area (Å²) >= 11 is 0. The van der Waals surface area contributed by atoms with Gasteiger partial charge in [-0.3, -0.25) is 9.48 Å². The Bertz CT molecular complexity index is 713. The van der Waals surface area contributed by atoms with Crippen molar-refractivity contribution in [2.24, 2.45) is 0 Å². The smallest absolute Gasteiger partial charge is 0.435 e. The van der Waals surface area contributed by atoms with Crippen LogP contribution in [0.3, 0.4) is 0 Å². The summed E-state index contributed by atoms with van der Waals surface area (Å²) in [6, 6.07) is 5.56. The van der Waals surface area contributed by atoms with Gasteiger partial charge in [0.25, 0.3) is 5.91 Å². The molecular weight excluding hydrogens is 327 g/mol. The van der Waals surface area contributed by atoms with Crippen LogP contribution in [0.2, 0.25) is 0 Å². The number of carbonyl (C=O) groups excluding carboxylic acids is 1. The van der Waals surface area contributed by atoms with Gasteiger partial charge < -0.3 is 14.8 Å². The number of alkyl halides is 3. The van der Waals surface area contributed by atoms with Crippen LogP contribution in [-0.2, 0) is 12.7 Å².